The van der Waals surface area contributed by atoms with Crippen molar-refractivity contribution in [1.29, 1.82) is 0 Å². The Hall–Kier alpha value is -1.84. The van der Waals surface area contributed by atoms with Crippen molar-refractivity contribution in [3.05, 3.63) is 42.0 Å². The molecular weight excluding hydrogens is 489 g/mol. The number of guanidine groups is 1. The number of aryl methyl sites for hydroxylation is 1. The molecule has 0 radical (unpaired) electrons. The van der Waals surface area contributed by atoms with Gasteiger partial charge in [-0.25, -0.2) is 4.99 Å². The number of hydrogen-bond donors (Lipinski definition) is 2. The molecule has 2 aliphatic rings. The second-order valence-corrected chi connectivity index (χ2v) is 8.28. The number of halogens is 1. The van der Waals surface area contributed by atoms with E-state index in [2.05, 4.69) is 56.1 Å². The Balaban J connectivity index is 0.00000256. The van der Waals surface area contributed by atoms with E-state index in [1.54, 1.807) is 0 Å². The minimum absolute atomic E-state index is 0. The van der Waals surface area contributed by atoms with E-state index >= 15 is 0 Å². The zero-order valence-electron chi connectivity index (χ0n) is 18.0. The van der Waals surface area contributed by atoms with E-state index in [-0.39, 0.29) is 24.0 Å². The van der Waals surface area contributed by atoms with Crippen LogP contribution in [0, 0.1) is 6.92 Å². The van der Waals surface area contributed by atoms with Crippen molar-refractivity contribution >= 4 is 35.6 Å². The molecule has 0 bridgehead atoms. The molecule has 164 valence electrons. The molecule has 2 heterocycles. The van der Waals surface area contributed by atoms with E-state index in [0.29, 0.717) is 18.6 Å². The number of aliphatic imine (C=N–C) groups is 1. The van der Waals surface area contributed by atoms with Crippen molar-refractivity contribution in [3.63, 3.8) is 0 Å². The molecule has 30 heavy (non-hydrogen) atoms. The smallest absolute Gasteiger partial charge is 0.192 e. The highest BCUT2D eigenvalue weighted by molar-refractivity contribution is 14.0. The molecule has 1 saturated heterocycles. The van der Waals surface area contributed by atoms with Crippen molar-refractivity contribution in [2.45, 2.75) is 64.1 Å². The number of nitrogens with zero attached hydrogens (tertiary/aromatic N) is 5. The summed E-state index contributed by atoms with van der Waals surface area (Å²) in [7, 11) is 2.00. The first-order valence-corrected chi connectivity index (χ1v) is 10.9. The van der Waals surface area contributed by atoms with Crippen LogP contribution in [-0.2, 0) is 13.6 Å². The van der Waals surface area contributed by atoms with E-state index in [1.807, 2.05) is 18.5 Å². The van der Waals surface area contributed by atoms with Gasteiger partial charge in [-0.2, -0.15) is 0 Å². The van der Waals surface area contributed by atoms with Gasteiger partial charge in [0.25, 0.3) is 0 Å². The van der Waals surface area contributed by atoms with Crippen LogP contribution in [0.5, 0.6) is 0 Å². The van der Waals surface area contributed by atoms with E-state index in [1.165, 1.54) is 37.8 Å². The molecule has 7 nitrogen and oxygen atoms in total. The lowest BCUT2D eigenvalue weighted by Crippen LogP contribution is -2.48. The molecule has 1 saturated carbocycles. The molecule has 1 unspecified atom stereocenters. The van der Waals surface area contributed by atoms with Gasteiger partial charge in [-0.05, 0) is 38.3 Å². The molecule has 2 N–H and O–H groups in total. The maximum atomic E-state index is 4.88. The summed E-state index contributed by atoms with van der Waals surface area (Å²) in [6, 6.07) is 11.6. The summed E-state index contributed by atoms with van der Waals surface area (Å²) < 4.78 is 2.01. The Morgan fingerprint density at radius 1 is 1.03 bits per heavy atom. The molecule has 2 aromatic rings. The number of benzene rings is 1. The van der Waals surface area contributed by atoms with Gasteiger partial charge in [0.2, 0.25) is 0 Å². The summed E-state index contributed by atoms with van der Waals surface area (Å²) in [6.45, 7) is 4.57. The fourth-order valence-corrected chi connectivity index (χ4v) is 4.26. The van der Waals surface area contributed by atoms with E-state index in [0.717, 1.165) is 37.1 Å². The van der Waals surface area contributed by atoms with Gasteiger partial charge in [-0.3, -0.25) is 0 Å². The van der Waals surface area contributed by atoms with Crippen molar-refractivity contribution in [2.75, 3.05) is 18.0 Å². The average molecular weight is 523 g/mol. The van der Waals surface area contributed by atoms with Crippen LogP contribution in [0.1, 0.15) is 50.2 Å². The van der Waals surface area contributed by atoms with Crippen LogP contribution in [0.2, 0.25) is 0 Å². The summed E-state index contributed by atoms with van der Waals surface area (Å²) in [4.78, 5) is 7.32. The first-order chi connectivity index (χ1) is 14.2. The quantitative estimate of drug-likeness (QED) is 0.357. The lowest BCUT2D eigenvalue weighted by Gasteiger charge is -2.27. The normalized spacial score (nSPS) is 20.1. The molecule has 1 atom stereocenters. The third-order valence-corrected chi connectivity index (χ3v) is 6.16. The fourth-order valence-electron chi connectivity index (χ4n) is 4.26. The summed E-state index contributed by atoms with van der Waals surface area (Å²) >= 11 is 0. The Bertz CT molecular complexity index is 814. The van der Waals surface area contributed by atoms with Gasteiger partial charge in [0.15, 0.2) is 11.8 Å². The van der Waals surface area contributed by atoms with Gasteiger partial charge in [0, 0.05) is 37.9 Å². The topological polar surface area (TPSA) is 70.4 Å². The molecule has 1 aromatic carbocycles. The van der Waals surface area contributed by atoms with Gasteiger partial charge in [-0.15, -0.1) is 34.2 Å². The van der Waals surface area contributed by atoms with Crippen LogP contribution in [0.4, 0.5) is 5.69 Å². The highest BCUT2D eigenvalue weighted by Gasteiger charge is 2.24. The Kier molecular flexibility index (Phi) is 8.35. The van der Waals surface area contributed by atoms with Crippen LogP contribution < -0.4 is 15.5 Å². The zero-order chi connectivity index (χ0) is 20.1. The molecule has 0 amide bonds. The minimum Gasteiger partial charge on any atom is -0.369 e. The Labute approximate surface area is 196 Å². The number of nitrogens with one attached hydrogen (secondary N) is 2. The first kappa shape index (κ1) is 22.8. The van der Waals surface area contributed by atoms with Gasteiger partial charge >= 0.3 is 0 Å². The van der Waals surface area contributed by atoms with Gasteiger partial charge in [0.05, 0.1) is 0 Å². The van der Waals surface area contributed by atoms with Crippen LogP contribution in [-0.4, -0.2) is 45.9 Å². The third-order valence-electron chi connectivity index (χ3n) is 6.16. The van der Waals surface area contributed by atoms with Crippen molar-refractivity contribution in [1.82, 2.24) is 25.4 Å². The summed E-state index contributed by atoms with van der Waals surface area (Å²) in [6.07, 6.45) is 7.53. The first-order valence-electron chi connectivity index (χ1n) is 10.9. The molecule has 1 aromatic heterocycles. The number of anilines is 1. The maximum absolute atomic E-state index is 4.88. The molecule has 8 heteroatoms. The predicted molar refractivity (Wildman–Crippen MR) is 132 cm³/mol. The molecule has 1 aliphatic carbocycles. The molecular formula is C22H34IN7. The molecule has 1 aliphatic heterocycles. The van der Waals surface area contributed by atoms with Gasteiger partial charge in [-0.1, -0.05) is 37.5 Å². The lowest BCUT2D eigenvalue weighted by atomic mass is 9.96. The van der Waals surface area contributed by atoms with E-state index in [9.17, 15) is 0 Å². The van der Waals surface area contributed by atoms with Crippen LogP contribution >= 0.6 is 24.0 Å². The van der Waals surface area contributed by atoms with Gasteiger partial charge < -0.3 is 20.1 Å². The van der Waals surface area contributed by atoms with Crippen molar-refractivity contribution < 1.29 is 0 Å². The lowest BCUT2D eigenvalue weighted by molar-refractivity contribution is 0.408. The number of para-hydroxylation sites is 1. The van der Waals surface area contributed by atoms with Crippen LogP contribution in [0.3, 0.4) is 0 Å². The minimum atomic E-state index is 0. The largest absolute Gasteiger partial charge is 0.369 e. The molecule has 0 spiro atoms. The predicted octanol–water partition coefficient (Wildman–Crippen LogP) is 3.39. The fraction of sp³-hybridized carbons (Fsp3) is 0.591. The Morgan fingerprint density at radius 3 is 2.47 bits per heavy atom. The van der Waals surface area contributed by atoms with Crippen molar-refractivity contribution in [2.24, 2.45) is 12.0 Å². The number of rotatable bonds is 5. The second-order valence-electron chi connectivity index (χ2n) is 8.28. The molecule has 2 fully saturated rings. The summed E-state index contributed by atoms with van der Waals surface area (Å²) in [5.74, 6) is 2.72. The number of aromatic nitrogens is 3. The number of hydrogen-bond acceptors (Lipinski definition) is 4. The summed E-state index contributed by atoms with van der Waals surface area (Å²) in [5.41, 5.74) is 1.30. The SMILES string of the molecule is Cc1nnc(CN=C(NC2CCCCC2)NC2CCN(c3ccccc3)C2)n1C.I. The zero-order valence-corrected chi connectivity index (χ0v) is 20.4. The molecule has 4 rings (SSSR count). The standard InChI is InChI=1S/C22H33N7.HI/c1-17-26-27-21(28(17)2)15-23-22(24-18-9-5-3-6-10-18)25-19-13-14-29(16-19)20-11-7-4-8-12-20;/h4,7-8,11-12,18-19H,3,5-6,9-10,13-16H2,1-2H3,(H2,23,24,25);1H. The monoisotopic (exact) mass is 523 g/mol. The third kappa shape index (κ3) is 5.86. The Morgan fingerprint density at radius 2 is 1.77 bits per heavy atom. The highest BCUT2D eigenvalue weighted by Crippen LogP contribution is 2.20. The van der Waals surface area contributed by atoms with E-state index < -0.39 is 0 Å². The van der Waals surface area contributed by atoms with Crippen LogP contribution in [0.15, 0.2) is 35.3 Å². The van der Waals surface area contributed by atoms with Gasteiger partial charge in [0.1, 0.15) is 12.4 Å². The highest BCUT2D eigenvalue weighted by atomic mass is 127. The maximum Gasteiger partial charge on any atom is 0.192 e. The van der Waals surface area contributed by atoms with E-state index in [4.69, 9.17) is 4.99 Å². The van der Waals surface area contributed by atoms with Crippen LogP contribution in [0.25, 0.3) is 0 Å². The summed E-state index contributed by atoms with van der Waals surface area (Å²) in [5, 5.41) is 15.8. The average Bonchev–Trinajstić information content (AvgIpc) is 3.35. The second kappa shape index (κ2) is 11.0. The van der Waals surface area contributed by atoms with Crippen molar-refractivity contribution in [3.8, 4) is 0 Å².